The molecule has 0 radical (unpaired) electrons. The monoisotopic (exact) mass is 469 g/mol. The van der Waals surface area contributed by atoms with Crippen molar-refractivity contribution in [2.24, 2.45) is 0 Å². The summed E-state index contributed by atoms with van der Waals surface area (Å²) in [5.41, 5.74) is 3.13. The molecule has 3 aromatic rings. The second-order valence-electron chi connectivity index (χ2n) is 7.28. The number of carbonyl (C=O) groups excluding carboxylic acids is 1. The Hall–Kier alpha value is -3.59. The number of thiazole rings is 1. The molecule has 1 aromatic heterocycles. The number of carboxylic acids is 1. The molecule has 1 amide bonds. The lowest BCUT2D eigenvalue weighted by Gasteiger charge is -2.21. The van der Waals surface area contributed by atoms with Gasteiger partial charge in [-0.15, -0.1) is 11.3 Å². The molecule has 1 heterocycles. The Morgan fingerprint density at radius 3 is 2.52 bits per heavy atom. The quantitative estimate of drug-likeness (QED) is 0.437. The number of anilines is 1. The van der Waals surface area contributed by atoms with Crippen molar-refractivity contribution in [3.63, 3.8) is 0 Å². The fraction of sp³-hybridized carbons (Fsp3) is 0.292. The molecule has 0 atom stereocenters. The summed E-state index contributed by atoms with van der Waals surface area (Å²) in [5, 5.41) is 14.0. The SMILES string of the molecule is CCCN(Cc1ccc(C(=O)NCC(=O)O)cc1)c1nc(-c2cc(OC)ccc2OC)cs1. The molecule has 9 heteroatoms. The average molecular weight is 470 g/mol. The summed E-state index contributed by atoms with van der Waals surface area (Å²) in [7, 11) is 3.26. The zero-order valence-corrected chi connectivity index (χ0v) is 19.6. The van der Waals surface area contributed by atoms with Gasteiger partial charge in [-0.05, 0) is 42.3 Å². The maximum absolute atomic E-state index is 12.0. The van der Waals surface area contributed by atoms with Gasteiger partial charge < -0.3 is 24.8 Å². The lowest BCUT2D eigenvalue weighted by atomic mass is 10.1. The number of aromatic nitrogens is 1. The van der Waals surface area contributed by atoms with Gasteiger partial charge in [0.05, 0.1) is 19.9 Å². The molecule has 2 aromatic carbocycles. The maximum atomic E-state index is 12.0. The van der Waals surface area contributed by atoms with Gasteiger partial charge in [0, 0.05) is 29.6 Å². The summed E-state index contributed by atoms with van der Waals surface area (Å²) < 4.78 is 10.9. The summed E-state index contributed by atoms with van der Waals surface area (Å²) in [6.45, 7) is 3.16. The van der Waals surface area contributed by atoms with Crippen LogP contribution in [-0.2, 0) is 11.3 Å². The highest BCUT2D eigenvalue weighted by atomic mass is 32.1. The van der Waals surface area contributed by atoms with Gasteiger partial charge in [-0.25, -0.2) is 4.98 Å². The maximum Gasteiger partial charge on any atom is 0.322 e. The van der Waals surface area contributed by atoms with Gasteiger partial charge in [0.25, 0.3) is 5.91 Å². The van der Waals surface area contributed by atoms with Crippen LogP contribution in [0.25, 0.3) is 11.3 Å². The number of amides is 1. The Labute approximate surface area is 196 Å². The predicted octanol–water partition coefficient (Wildman–Crippen LogP) is 4.06. The van der Waals surface area contributed by atoms with Crippen molar-refractivity contribution in [2.75, 3.05) is 32.2 Å². The first-order valence-corrected chi connectivity index (χ1v) is 11.3. The van der Waals surface area contributed by atoms with Gasteiger partial charge in [-0.3, -0.25) is 9.59 Å². The van der Waals surface area contributed by atoms with Crippen LogP contribution in [0.15, 0.2) is 47.8 Å². The molecule has 0 spiro atoms. The third-order valence-corrected chi connectivity index (χ3v) is 5.83. The van der Waals surface area contributed by atoms with Gasteiger partial charge in [0.2, 0.25) is 0 Å². The van der Waals surface area contributed by atoms with Crippen LogP contribution in [-0.4, -0.2) is 49.3 Å². The molecule has 33 heavy (non-hydrogen) atoms. The Kier molecular flexibility index (Phi) is 8.26. The number of nitrogens with one attached hydrogen (secondary N) is 1. The first-order chi connectivity index (χ1) is 15.9. The number of methoxy groups -OCH3 is 2. The lowest BCUT2D eigenvalue weighted by Crippen LogP contribution is -2.29. The average Bonchev–Trinajstić information content (AvgIpc) is 3.32. The second-order valence-corrected chi connectivity index (χ2v) is 8.11. The van der Waals surface area contributed by atoms with E-state index in [1.807, 2.05) is 35.7 Å². The van der Waals surface area contributed by atoms with E-state index in [9.17, 15) is 9.59 Å². The molecule has 8 nitrogen and oxygen atoms in total. The second kappa shape index (κ2) is 11.3. The number of nitrogens with zero attached hydrogens (tertiary/aromatic N) is 2. The van der Waals surface area contributed by atoms with Crippen LogP contribution < -0.4 is 19.7 Å². The number of benzene rings is 2. The molecule has 0 fully saturated rings. The molecule has 0 aliphatic carbocycles. The fourth-order valence-corrected chi connectivity index (χ4v) is 4.15. The highest BCUT2D eigenvalue weighted by molar-refractivity contribution is 7.14. The summed E-state index contributed by atoms with van der Waals surface area (Å²) in [5.74, 6) is -0.0274. The Morgan fingerprint density at radius 1 is 1.12 bits per heavy atom. The molecule has 0 aliphatic rings. The van der Waals surface area contributed by atoms with E-state index in [-0.39, 0.29) is 0 Å². The van der Waals surface area contributed by atoms with Crippen molar-refractivity contribution in [2.45, 2.75) is 19.9 Å². The third kappa shape index (κ3) is 6.23. The Bertz CT molecular complexity index is 1100. The standard InChI is InChI=1S/C24H27N3O5S/c1-4-11-27(14-16-5-7-17(8-6-16)23(30)25-13-22(28)29)24-26-20(15-33-24)19-12-18(31-2)9-10-21(19)32-3/h5-10,12,15H,4,11,13-14H2,1-3H3,(H,25,30)(H,28,29). The zero-order chi connectivity index (χ0) is 23.8. The van der Waals surface area contributed by atoms with Crippen molar-refractivity contribution >= 4 is 28.3 Å². The topological polar surface area (TPSA) is 101 Å². The number of rotatable bonds is 11. The van der Waals surface area contributed by atoms with Crippen molar-refractivity contribution in [1.29, 1.82) is 0 Å². The molecule has 0 aliphatic heterocycles. The van der Waals surface area contributed by atoms with Crippen LogP contribution >= 0.6 is 11.3 Å². The number of carboxylic acid groups (broad SMARTS) is 1. The third-order valence-electron chi connectivity index (χ3n) is 4.93. The molecule has 0 unspecified atom stereocenters. The van der Waals surface area contributed by atoms with Crippen LogP contribution in [0, 0.1) is 0 Å². The first-order valence-electron chi connectivity index (χ1n) is 10.5. The molecule has 2 N–H and O–H groups in total. The molecule has 3 rings (SSSR count). The Balaban J connectivity index is 1.77. The van der Waals surface area contributed by atoms with E-state index >= 15 is 0 Å². The van der Waals surface area contributed by atoms with E-state index in [0.717, 1.165) is 46.4 Å². The van der Waals surface area contributed by atoms with Crippen molar-refractivity contribution in [1.82, 2.24) is 10.3 Å². The first kappa shape index (κ1) is 24.1. The largest absolute Gasteiger partial charge is 0.497 e. The number of ether oxygens (including phenoxy) is 2. The van der Waals surface area contributed by atoms with Crippen LogP contribution in [0.3, 0.4) is 0 Å². The van der Waals surface area contributed by atoms with E-state index < -0.39 is 18.4 Å². The van der Waals surface area contributed by atoms with Gasteiger partial charge in [-0.1, -0.05) is 19.1 Å². The number of carbonyl (C=O) groups is 2. The van der Waals surface area contributed by atoms with Crippen molar-refractivity contribution in [3.05, 3.63) is 59.0 Å². The van der Waals surface area contributed by atoms with Gasteiger partial charge >= 0.3 is 5.97 Å². The van der Waals surface area contributed by atoms with E-state index in [0.29, 0.717) is 12.1 Å². The summed E-state index contributed by atoms with van der Waals surface area (Å²) in [6.07, 6.45) is 0.951. The minimum absolute atomic E-state index is 0.407. The van der Waals surface area contributed by atoms with E-state index in [1.165, 1.54) is 0 Å². The van der Waals surface area contributed by atoms with Crippen LogP contribution in [0.2, 0.25) is 0 Å². The van der Waals surface area contributed by atoms with Crippen molar-refractivity contribution < 1.29 is 24.2 Å². The minimum atomic E-state index is -1.08. The summed E-state index contributed by atoms with van der Waals surface area (Å²) >= 11 is 1.56. The van der Waals surface area contributed by atoms with Crippen molar-refractivity contribution in [3.8, 4) is 22.8 Å². The minimum Gasteiger partial charge on any atom is -0.497 e. The van der Waals surface area contributed by atoms with E-state index in [1.54, 1.807) is 37.7 Å². The van der Waals surface area contributed by atoms with Gasteiger partial charge in [0.1, 0.15) is 18.0 Å². The van der Waals surface area contributed by atoms with Crippen LogP contribution in [0.4, 0.5) is 5.13 Å². The van der Waals surface area contributed by atoms with Crippen LogP contribution in [0.1, 0.15) is 29.3 Å². The molecule has 0 bridgehead atoms. The smallest absolute Gasteiger partial charge is 0.322 e. The molecule has 174 valence electrons. The van der Waals surface area contributed by atoms with E-state index in [4.69, 9.17) is 19.6 Å². The molecule has 0 saturated carbocycles. The highest BCUT2D eigenvalue weighted by Gasteiger charge is 2.16. The normalized spacial score (nSPS) is 10.5. The molecular formula is C24H27N3O5S. The van der Waals surface area contributed by atoms with Crippen LogP contribution in [0.5, 0.6) is 11.5 Å². The highest BCUT2D eigenvalue weighted by Crippen LogP contribution is 2.36. The Morgan fingerprint density at radius 2 is 1.88 bits per heavy atom. The van der Waals surface area contributed by atoms with Gasteiger partial charge in [0.15, 0.2) is 5.13 Å². The van der Waals surface area contributed by atoms with E-state index in [2.05, 4.69) is 17.1 Å². The fourth-order valence-electron chi connectivity index (χ4n) is 3.30. The predicted molar refractivity (Wildman–Crippen MR) is 128 cm³/mol. The number of hydrogen-bond acceptors (Lipinski definition) is 7. The number of aliphatic carboxylic acids is 1. The molecule has 0 saturated heterocycles. The number of hydrogen-bond donors (Lipinski definition) is 2. The molecular weight excluding hydrogens is 442 g/mol. The lowest BCUT2D eigenvalue weighted by molar-refractivity contribution is -0.135. The van der Waals surface area contributed by atoms with Gasteiger partial charge in [-0.2, -0.15) is 0 Å². The summed E-state index contributed by atoms with van der Waals surface area (Å²) in [4.78, 5) is 29.7. The summed E-state index contributed by atoms with van der Waals surface area (Å²) in [6, 6.07) is 12.8. The zero-order valence-electron chi connectivity index (χ0n) is 18.8.